The van der Waals surface area contributed by atoms with Gasteiger partial charge in [0.2, 0.25) is 0 Å². The molecule has 0 saturated carbocycles. The number of hydrogen-bond donors (Lipinski definition) is 1. The molecule has 0 aliphatic carbocycles. The number of nitro benzene ring substituents is 1. The van der Waals surface area contributed by atoms with E-state index in [9.17, 15) is 20.0 Å². The Labute approximate surface area is 89.2 Å². The van der Waals surface area contributed by atoms with E-state index in [1.54, 1.807) is 0 Å². The number of carbonyl (C=O) groups excluding carboxylic acids is 1. The molecule has 0 aromatic heterocycles. The van der Waals surface area contributed by atoms with Crippen molar-refractivity contribution >= 4 is 23.3 Å². The van der Waals surface area contributed by atoms with Gasteiger partial charge in [-0.05, 0) is 0 Å². The Morgan fingerprint density at radius 3 is 2.67 bits per heavy atom. The molecular weight excluding hydrogens is 226 g/mol. The van der Waals surface area contributed by atoms with E-state index in [0.717, 1.165) is 19.2 Å². The number of hydrogen-bond acceptors (Lipinski definition) is 5. The van der Waals surface area contributed by atoms with Crippen LogP contribution in [0.3, 0.4) is 0 Å². The predicted molar refractivity (Wildman–Crippen MR) is 51.1 cm³/mol. The minimum Gasteiger partial charge on any atom is -0.506 e. The van der Waals surface area contributed by atoms with Gasteiger partial charge in [-0.3, -0.25) is 10.1 Å². The fourth-order valence-electron chi connectivity index (χ4n) is 0.976. The Morgan fingerprint density at radius 1 is 1.60 bits per heavy atom. The molecule has 0 amide bonds. The Balaban J connectivity index is 3.41. The number of methoxy groups -OCH3 is 1. The molecule has 6 nitrogen and oxygen atoms in total. The molecule has 1 N–H and O–H groups in total. The van der Waals surface area contributed by atoms with Gasteiger partial charge in [0.25, 0.3) is 5.69 Å². The number of phenolic OH excluding ortho intramolecular Hbond substituents is 1. The lowest BCUT2D eigenvalue weighted by Gasteiger charge is -2.02. The third-order valence-electron chi connectivity index (χ3n) is 1.67. The monoisotopic (exact) mass is 231 g/mol. The number of benzene rings is 1. The van der Waals surface area contributed by atoms with Crippen LogP contribution < -0.4 is 0 Å². The summed E-state index contributed by atoms with van der Waals surface area (Å²) in [5, 5.41) is 19.6. The van der Waals surface area contributed by atoms with Gasteiger partial charge < -0.3 is 9.84 Å². The summed E-state index contributed by atoms with van der Waals surface area (Å²) in [6.45, 7) is 0. The first-order chi connectivity index (χ1) is 6.97. The molecule has 0 fully saturated rings. The number of esters is 1. The minimum absolute atomic E-state index is 0.200. The highest BCUT2D eigenvalue weighted by Crippen LogP contribution is 2.31. The maximum absolute atomic E-state index is 11.1. The number of nitro groups is 1. The molecule has 0 aliphatic heterocycles. The third-order valence-corrected chi connectivity index (χ3v) is 1.97. The molecule has 80 valence electrons. The van der Waals surface area contributed by atoms with Gasteiger partial charge in [0.1, 0.15) is 11.3 Å². The van der Waals surface area contributed by atoms with Crippen LogP contribution in [0.2, 0.25) is 5.02 Å². The molecule has 0 saturated heterocycles. The Bertz CT molecular complexity index is 431. The first-order valence-corrected chi connectivity index (χ1v) is 4.10. The standard InChI is InChI=1S/C8H6ClNO5/c1-15-8(12)4-2-7(11)5(9)3-6(4)10(13)14/h2-3,11H,1H3. The van der Waals surface area contributed by atoms with Crippen molar-refractivity contribution in [3.8, 4) is 5.75 Å². The molecule has 0 spiro atoms. The molecule has 1 aromatic carbocycles. The van der Waals surface area contributed by atoms with E-state index in [0.29, 0.717) is 0 Å². The highest BCUT2D eigenvalue weighted by Gasteiger charge is 2.23. The molecule has 0 heterocycles. The van der Waals surface area contributed by atoms with Crippen LogP contribution in [0.25, 0.3) is 0 Å². The number of ether oxygens (including phenoxy) is 1. The average molecular weight is 232 g/mol. The van der Waals surface area contributed by atoms with Crippen molar-refractivity contribution in [2.75, 3.05) is 7.11 Å². The highest BCUT2D eigenvalue weighted by molar-refractivity contribution is 6.32. The Morgan fingerprint density at radius 2 is 2.20 bits per heavy atom. The number of phenols is 1. The molecule has 0 bridgehead atoms. The fourth-order valence-corrected chi connectivity index (χ4v) is 1.13. The van der Waals surface area contributed by atoms with Crippen LogP contribution in [-0.2, 0) is 4.74 Å². The highest BCUT2D eigenvalue weighted by atomic mass is 35.5. The van der Waals surface area contributed by atoms with Gasteiger partial charge in [-0.1, -0.05) is 11.6 Å². The summed E-state index contributed by atoms with van der Waals surface area (Å²) in [5.41, 5.74) is -0.853. The van der Waals surface area contributed by atoms with Crippen molar-refractivity contribution in [1.29, 1.82) is 0 Å². The zero-order valence-electron chi connectivity index (χ0n) is 7.56. The molecule has 0 unspecified atom stereocenters. The number of aromatic hydroxyl groups is 1. The smallest absolute Gasteiger partial charge is 0.345 e. The summed E-state index contributed by atoms with van der Waals surface area (Å²) in [7, 11) is 1.08. The van der Waals surface area contributed by atoms with Gasteiger partial charge in [-0.2, -0.15) is 0 Å². The first kappa shape index (κ1) is 11.3. The summed E-state index contributed by atoms with van der Waals surface area (Å²) >= 11 is 5.47. The van der Waals surface area contributed by atoms with Gasteiger partial charge in [0.15, 0.2) is 0 Å². The van der Waals surface area contributed by atoms with Gasteiger partial charge in [0, 0.05) is 12.1 Å². The SMILES string of the molecule is COC(=O)c1cc(O)c(Cl)cc1[N+](=O)[O-]. The zero-order valence-corrected chi connectivity index (χ0v) is 8.32. The molecule has 7 heteroatoms. The largest absolute Gasteiger partial charge is 0.506 e. The molecule has 15 heavy (non-hydrogen) atoms. The van der Waals surface area contributed by atoms with Gasteiger partial charge >= 0.3 is 5.97 Å². The van der Waals surface area contributed by atoms with Crippen molar-refractivity contribution in [2.45, 2.75) is 0 Å². The first-order valence-electron chi connectivity index (χ1n) is 3.72. The second kappa shape index (κ2) is 4.14. The van der Waals surface area contributed by atoms with Gasteiger partial charge in [0.05, 0.1) is 17.1 Å². The number of halogens is 1. The molecule has 1 rings (SSSR count). The Kier molecular flexibility index (Phi) is 3.11. The summed E-state index contributed by atoms with van der Waals surface area (Å²) in [4.78, 5) is 20.9. The Hall–Kier alpha value is -1.82. The third kappa shape index (κ3) is 2.16. The molecule has 0 radical (unpaired) electrons. The molecule has 0 atom stereocenters. The normalized spacial score (nSPS) is 9.73. The summed E-state index contributed by atoms with van der Waals surface area (Å²) < 4.78 is 4.32. The number of carbonyl (C=O) groups is 1. The van der Waals surface area contributed by atoms with E-state index in [4.69, 9.17) is 11.6 Å². The van der Waals surface area contributed by atoms with Gasteiger partial charge in [-0.25, -0.2) is 4.79 Å². The van der Waals surface area contributed by atoms with E-state index in [1.807, 2.05) is 0 Å². The van der Waals surface area contributed by atoms with Crippen molar-refractivity contribution < 1.29 is 19.6 Å². The second-order valence-corrected chi connectivity index (χ2v) is 2.98. The zero-order chi connectivity index (χ0) is 11.6. The number of rotatable bonds is 2. The molecule has 0 aliphatic rings. The van der Waals surface area contributed by atoms with Gasteiger partial charge in [-0.15, -0.1) is 0 Å². The maximum atomic E-state index is 11.1. The molecule has 1 aromatic rings. The van der Waals surface area contributed by atoms with Crippen LogP contribution in [0.4, 0.5) is 5.69 Å². The predicted octanol–water partition coefficient (Wildman–Crippen LogP) is 1.74. The van der Waals surface area contributed by atoms with Crippen molar-refractivity contribution in [3.05, 3.63) is 32.8 Å². The van der Waals surface area contributed by atoms with E-state index >= 15 is 0 Å². The van der Waals surface area contributed by atoms with Crippen molar-refractivity contribution in [2.24, 2.45) is 0 Å². The van der Waals surface area contributed by atoms with Crippen LogP contribution in [0.15, 0.2) is 12.1 Å². The summed E-state index contributed by atoms with van der Waals surface area (Å²) in [6, 6.07) is 1.79. The lowest BCUT2D eigenvalue weighted by atomic mass is 10.1. The summed E-state index contributed by atoms with van der Waals surface area (Å²) in [6.07, 6.45) is 0. The van der Waals surface area contributed by atoms with E-state index in [-0.39, 0.29) is 10.6 Å². The van der Waals surface area contributed by atoms with Crippen LogP contribution in [0.1, 0.15) is 10.4 Å². The maximum Gasteiger partial charge on any atom is 0.345 e. The quantitative estimate of drug-likeness (QED) is 0.476. The summed E-state index contributed by atoms with van der Waals surface area (Å²) in [5.74, 6) is -1.32. The van der Waals surface area contributed by atoms with Crippen LogP contribution in [0, 0.1) is 10.1 Å². The van der Waals surface area contributed by atoms with E-state index in [2.05, 4.69) is 4.74 Å². The second-order valence-electron chi connectivity index (χ2n) is 2.57. The van der Waals surface area contributed by atoms with E-state index in [1.165, 1.54) is 0 Å². The fraction of sp³-hybridized carbons (Fsp3) is 0.125. The molecular formula is C8H6ClNO5. The average Bonchev–Trinajstić information content (AvgIpc) is 2.20. The topological polar surface area (TPSA) is 89.7 Å². The lowest BCUT2D eigenvalue weighted by Crippen LogP contribution is -2.05. The lowest BCUT2D eigenvalue weighted by molar-refractivity contribution is -0.385. The van der Waals surface area contributed by atoms with Crippen molar-refractivity contribution in [1.82, 2.24) is 0 Å². The van der Waals surface area contributed by atoms with E-state index < -0.39 is 22.3 Å². The minimum atomic E-state index is -0.909. The van der Waals surface area contributed by atoms with Crippen LogP contribution >= 0.6 is 11.6 Å². The number of nitrogens with zero attached hydrogens (tertiary/aromatic N) is 1. The van der Waals surface area contributed by atoms with Crippen LogP contribution in [-0.4, -0.2) is 23.1 Å². The van der Waals surface area contributed by atoms with Crippen molar-refractivity contribution in [3.63, 3.8) is 0 Å². The van der Waals surface area contributed by atoms with Crippen LogP contribution in [0.5, 0.6) is 5.75 Å².